The number of nitrogens with zero attached hydrogens (tertiary/aromatic N) is 1. The first-order chi connectivity index (χ1) is 12.9. The number of rotatable bonds is 6. The Morgan fingerprint density at radius 2 is 1.93 bits per heavy atom. The number of anilines is 1. The van der Waals surface area contributed by atoms with E-state index in [1.165, 1.54) is 6.26 Å². The summed E-state index contributed by atoms with van der Waals surface area (Å²) in [4.78, 5) is 35.6. The normalized spacial score (nSPS) is 11.0. The summed E-state index contributed by atoms with van der Waals surface area (Å²) >= 11 is 5.97. The Morgan fingerprint density at radius 3 is 2.63 bits per heavy atom. The number of halogens is 1. The van der Waals surface area contributed by atoms with Gasteiger partial charge in [-0.1, -0.05) is 17.7 Å². The molecule has 2 rings (SSSR count). The molecule has 0 unspecified atom stereocenters. The number of hydrogen-bond acceptors (Lipinski definition) is 5. The molecule has 1 heterocycles. The molecule has 0 saturated heterocycles. The minimum atomic E-state index is -0.954. The fourth-order valence-corrected chi connectivity index (χ4v) is 2.23. The average Bonchev–Trinajstić information content (AvgIpc) is 3.15. The molecule has 1 aromatic carbocycles. The molecule has 0 atom stereocenters. The van der Waals surface area contributed by atoms with Gasteiger partial charge in [0.2, 0.25) is 5.91 Å². The first kappa shape index (κ1) is 20.2. The molecule has 0 aliphatic heterocycles. The van der Waals surface area contributed by atoms with Crippen LogP contribution < -0.4 is 16.1 Å². The SMILES string of the molecule is CC(CC(=O)NCc1ccco1)=NNC(=O)C(=O)Nc1cccc(Cl)c1C. The molecule has 8 nitrogen and oxygen atoms in total. The molecule has 3 N–H and O–H groups in total. The highest BCUT2D eigenvalue weighted by atomic mass is 35.5. The average molecular weight is 391 g/mol. The molecule has 0 bridgehead atoms. The predicted octanol–water partition coefficient (Wildman–Crippen LogP) is 2.38. The van der Waals surface area contributed by atoms with Crippen molar-refractivity contribution in [2.24, 2.45) is 5.10 Å². The standard InChI is InChI=1S/C18H19ClN4O4/c1-11(9-16(24)20-10-13-5-4-8-27-13)22-23-18(26)17(25)21-15-7-3-6-14(19)12(15)2/h3-8H,9-10H2,1-2H3,(H,20,24)(H,21,25)(H,23,26). The number of carbonyl (C=O) groups is 3. The maximum absolute atomic E-state index is 11.9. The van der Waals surface area contributed by atoms with Crippen molar-refractivity contribution in [3.63, 3.8) is 0 Å². The molecule has 0 radical (unpaired) electrons. The fraction of sp³-hybridized carbons (Fsp3) is 0.222. The molecule has 0 fully saturated rings. The maximum Gasteiger partial charge on any atom is 0.329 e. The van der Waals surface area contributed by atoms with Crippen LogP contribution in [-0.2, 0) is 20.9 Å². The molecule has 3 amide bonds. The minimum absolute atomic E-state index is 0.0317. The Kier molecular flexibility index (Phi) is 7.13. The van der Waals surface area contributed by atoms with Crippen LogP contribution in [0.2, 0.25) is 5.02 Å². The van der Waals surface area contributed by atoms with Gasteiger partial charge in [-0.05, 0) is 43.7 Å². The third-order valence-corrected chi connectivity index (χ3v) is 3.94. The molecule has 0 aliphatic carbocycles. The zero-order valence-corrected chi connectivity index (χ0v) is 15.6. The van der Waals surface area contributed by atoms with Crippen LogP contribution in [0.3, 0.4) is 0 Å². The summed E-state index contributed by atoms with van der Waals surface area (Å²) in [6, 6.07) is 8.43. The van der Waals surface area contributed by atoms with Gasteiger partial charge in [-0.15, -0.1) is 0 Å². The molecular formula is C18H19ClN4O4. The molecule has 0 saturated carbocycles. The molecule has 0 aliphatic rings. The lowest BCUT2D eigenvalue weighted by atomic mass is 10.2. The van der Waals surface area contributed by atoms with E-state index in [1.807, 2.05) is 0 Å². The number of amides is 3. The van der Waals surface area contributed by atoms with E-state index in [0.717, 1.165) is 0 Å². The fourth-order valence-electron chi connectivity index (χ4n) is 2.05. The van der Waals surface area contributed by atoms with E-state index >= 15 is 0 Å². The van der Waals surface area contributed by atoms with Gasteiger partial charge in [-0.3, -0.25) is 14.4 Å². The van der Waals surface area contributed by atoms with Crippen molar-refractivity contribution < 1.29 is 18.8 Å². The molecule has 142 valence electrons. The second-order valence-corrected chi connectivity index (χ2v) is 6.09. The third-order valence-electron chi connectivity index (χ3n) is 3.53. The Labute approximate surface area is 161 Å². The van der Waals surface area contributed by atoms with Gasteiger partial charge in [-0.25, -0.2) is 5.43 Å². The van der Waals surface area contributed by atoms with Crippen LogP contribution in [0.1, 0.15) is 24.7 Å². The van der Waals surface area contributed by atoms with E-state index in [2.05, 4.69) is 21.2 Å². The quantitative estimate of drug-likeness (QED) is 0.399. The highest BCUT2D eigenvalue weighted by Crippen LogP contribution is 2.22. The maximum atomic E-state index is 11.9. The van der Waals surface area contributed by atoms with Crippen LogP contribution in [0.25, 0.3) is 0 Å². The Morgan fingerprint density at radius 1 is 1.15 bits per heavy atom. The van der Waals surface area contributed by atoms with Gasteiger partial charge in [0.25, 0.3) is 0 Å². The largest absolute Gasteiger partial charge is 0.467 e. The number of hydrazone groups is 1. The van der Waals surface area contributed by atoms with Gasteiger partial charge in [-0.2, -0.15) is 5.10 Å². The first-order valence-electron chi connectivity index (χ1n) is 8.05. The molecule has 9 heteroatoms. The van der Waals surface area contributed by atoms with Crippen LogP contribution in [-0.4, -0.2) is 23.4 Å². The lowest BCUT2D eigenvalue weighted by Gasteiger charge is -2.08. The summed E-state index contributed by atoms with van der Waals surface area (Å²) in [5, 5.41) is 9.34. The summed E-state index contributed by atoms with van der Waals surface area (Å²) in [6.45, 7) is 3.54. The van der Waals surface area contributed by atoms with Crippen molar-refractivity contribution in [3.8, 4) is 0 Å². The number of nitrogens with one attached hydrogen (secondary N) is 3. The smallest absolute Gasteiger partial charge is 0.329 e. The molecule has 27 heavy (non-hydrogen) atoms. The lowest BCUT2D eigenvalue weighted by molar-refractivity contribution is -0.136. The number of hydrogen-bond donors (Lipinski definition) is 3. The number of carbonyl (C=O) groups excluding carboxylic acids is 3. The first-order valence-corrected chi connectivity index (χ1v) is 8.43. The van der Waals surface area contributed by atoms with E-state index in [-0.39, 0.29) is 18.9 Å². The van der Waals surface area contributed by atoms with Crippen molar-refractivity contribution in [1.29, 1.82) is 0 Å². The van der Waals surface area contributed by atoms with Crippen molar-refractivity contribution in [3.05, 3.63) is 52.9 Å². The Hall–Kier alpha value is -3.13. The van der Waals surface area contributed by atoms with Crippen LogP contribution in [0.5, 0.6) is 0 Å². The van der Waals surface area contributed by atoms with Crippen molar-refractivity contribution in [1.82, 2.24) is 10.7 Å². The highest BCUT2D eigenvalue weighted by Gasteiger charge is 2.15. The molecular weight excluding hydrogens is 372 g/mol. The molecule has 1 aromatic heterocycles. The van der Waals surface area contributed by atoms with E-state index in [0.29, 0.717) is 27.7 Å². The molecule has 0 spiro atoms. The Bertz CT molecular complexity index is 862. The van der Waals surface area contributed by atoms with Crippen molar-refractivity contribution in [2.45, 2.75) is 26.8 Å². The van der Waals surface area contributed by atoms with Gasteiger partial charge in [0.1, 0.15) is 5.76 Å². The van der Waals surface area contributed by atoms with Crippen LogP contribution in [0.15, 0.2) is 46.1 Å². The van der Waals surface area contributed by atoms with Crippen LogP contribution in [0.4, 0.5) is 5.69 Å². The summed E-state index contributed by atoms with van der Waals surface area (Å²) in [6.07, 6.45) is 1.48. The monoisotopic (exact) mass is 390 g/mol. The van der Waals surface area contributed by atoms with Gasteiger partial charge < -0.3 is 15.1 Å². The van der Waals surface area contributed by atoms with Crippen LogP contribution >= 0.6 is 11.6 Å². The van der Waals surface area contributed by atoms with Gasteiger partial charge in [0, 0.05) is 16.4 Å². The van der Waals surface area contributed by atoms with E-state index < -0.39 is 11.8 Å². The molecule has 2 aromatic rings. The zero-order chi connectivity index (χ0) is 19.8. The second kappa shape index (κ2) is 9.54. The number of benzene rings is 1. The summed E-state index contributed by atoms with van der Waals surface area (Å²) < 4.78 is 5.10. The van der Waals surface area contributed by atoms with Crippen molar-refractivity contribution in [2.75, 3.05) is 5.32 Å². The van der Waals surface area contributed by atoms with E-state index in [9.17, 15) is 14.4 Å². The summed E-state index contributed by atoms with van der Waals surface area (Å²) in [5.41, 5.74) is 3.53. The summed E-state index contributed by atoms with van der Waals surface area (Å²) in [5.74, 6) is -1.51. The van der Waals surface area contributed by atoms with E-state index in [4.69, 9.17) is 16.0 Å². The highest BCUT2D eigenvalue weighted by molar-refractivity contribution is 6.40. The Balaban J connectivity index is 1.80. The van der Waals surface area contributed by atoms with Gasteiger partial charge in [0.05, 0.1) is 19.2 Å². The van der Waals surface area contributed by atoms with E-state index in [1.54, 1.807) is 44.2 Å². The lowest BCUT2D eigenvalue weighted by Crippen LogP contribution is -2.33. The number of furan rings is 1. The topological polar surface area (TPSA) is 113 Å². The van der Waals surface area contributed by atoms with Crippen molar-refractivity contribution >= 4 is 40.7 Å². The minimum Gasteiger partial charge on any atom is -0.467 e. The van der Waals surface area contributed by atoms with Crippen LogP contribution in [0, 0.1) is 6.92 Å². The van der Waals surface area contributed by atoms with Gasteiger partial charge >= 0.3 is 11.8 Å². The second-order valence-electron chi connectivity index (χ2n) is 5.69. The zero-order valence-electron chi connectivity index (χ0n) is 14.8. The summed E-state index contributed by atoms with van der Waals surface area (Å²) in [7, 11) is 0. The third kappa shape index (κ3) is 6.27. The van der Waals surface area contributed by atoms with Gasteiger partial charge in [0.15, 0.2) is 0 Å². The predicted molar refractivity (Wildman–Crippen MR) is 101 cm³/mol.